The second-order valence-electron chi connectivity index (χ2n) is 2.49. The Balaban J connectivity index is 3.29. The largest absolute Gasteiger partial charge is 0.416 e. The van der Waals surface area contributed by atoms with Crippen molar-refractivity contribution < 1.29 is 17.6 Å². The van der Waals surface area contributed by atoms with Gasteiger partial charge in [0.2, 0.25) is 0 Å². The Bertz CT molecular complexity index is 301. The minimum absolute atomic E-state index is 0.394. The van der Waals surface area contributed by atoms with Crippen LogP contribution in [0.3, 0.4) is 0 Å². The molecule has 0 N–H and O–H groups in total. The molecule has 0 atom stereocenters. The number of alkyl halides is 3. The quantitative estimate of drug-likeness (QED) is 0.596. The van der Waals surface area contributed by atoms with Crippen molar-refractivity contribution in [1.82, 2.24) is 0 Å². The van der Waals surface area contributed by atoms with Crippen LogP contribution in [0.4, 0.5) is 17.6 Å². The summed E-state index contributed by atoms with van der Waals surface area (Å²) >= 11 is 0. The summed E-state index contributed by atoms with van der Waals surface area (Å²) in [7, 11) is 0. The molecule has 1 aromatic rings. The lowest BCUT2D eigenvalue weighted by atomic mass is 10.0. The van der Waals surface area contributed by atoms with Gasteiger partial charge in [0.15, 0.2) is 0 Å². The van der Waals surface area contributed by atoms with Crippen molar-refractivity contribution in [1.29, 1.82) is 0 Å². The van der Waals surface area contributed by atoms with E-state index in [0.717, 1.165) is 24.6 Å². The molecule has 0 unspecified atom stereocenters. The summed E-state index contributed by atoms with van der Waals surface area (Å²) in [6.45, 7) is 1.37. The molecule has 1 aromatic carbocycles. The van der Waals surface area contributed by atoms with Gasteiger partial charge in [0.1, 0.15) is 5.82 Å². The molecule has 0 fully saturated rings. The fraction of sp³-hybridized carbons (Fsp3) is 0.222. The molecule has 0 aliphatic heterocycles. The Labute approximate surface area is 73.2 Å². The van der Waals surface area contributed by atoms with E-state index in [2.05, 4.69) is 0 Å². The van der Waals surface area contributed by atoms with Crippen molar-refractivity contribution in [3.8, 4) is 0 Å². The fourth-order valence-electron chi connectivity index (χ4n) is 1.08. The van der Waals surface area contributed by atoms with Crippen LogP contribution in [0.5, 0.6) is 0 Å². The number of hydrogen-bond donors (Lipinski definition) is 0. The summed E-state index contributed by atoms with van der Waals surface area (Å²) in [5.74, 6) is -0.850. The van der Waals surface area contributed by atoms with Crippen LogP contribution in [0.15, 0.2) is 18.2 Å². The van der Waals surface area contributed by atoms with E-state index in [0.29, 0.717) is 0 Å². The van der Waals surface area contributed by atoms with Crippen LogP contribution in [0, 0.1) is 12.2 Å². The Hall–Kier alpha value is -1.06. The van der Waals surface area contributed by atoms with Crippen molar-refractivity contribution >= 4 is 0 Å². The molecular formula is C9H7F4. The second-order valence-corrected chi connectivity index (χ2v) is 2.49. The Morgan fingerprint density at radius 1 is 1.23 bits per heavy atom. The molecule has 0 saturated carbocycles. The fourth-order valence-corrected chi connectivity index (χ4v) is 1.08. The minimum Gasteiger partial charge on any atom is -0.207 e. The van der Waals surface area contributed by atoms with Gasteiger partial charge in [0.25, 0.3) is 0 Å². The summed E-state index contributed by atoms with van der Waals surface area (Å²) < 4.78 is 49.5. The average molecular weight is 191 g/mol. The topological polar surface area (TPSA) is 0 Å². The van der Waals surface area contributed by atoms with Crippen molar-refractivity contribution in [2.24, 2.45) is 0 Å². The molecule has 0 nitrogen and oxygen atoms in total. The SMILES string of the molecule is C[CH]c1c(F)cccc1C(F)(F)F. The van der Waals surface area contributed by atoms with E-state index in [4.69, 9.17) is 0 Å². The third-order valence-corrected chi connectivity index (χ3v) is 1.65. The first kappa shape index (κ1) is 10.0. The van der Waals surface area contributed by atoms with Gasteiger partial charge in [-0.05, 0) is 18.6 Å². The monoisotopic (exact) mass is 191 g/mol. The highest BCUT2D eigenvalue weighted by molar-refractivity contribution is 5.35. The summed E-state index contributed by atoms with van der Waals surface area (Å²) in [5, 5.41) is 0. The molecule has 1 rings (SSSR count). The van der Waals surface area contributed by atoms with Crippen molar-refractivity contribution in [2.75, 3.05) is 0 Å². The first-order valence-electron chi connectivity index (χ1n) is 3.62. The maximum Gasteiger partial charge on any atom is 0.416 e. The first-order valence-corrected chi connectivity index (χ1v) is 3.62. The molecule has 0 aliphatic carbocycles. The van der Waals surface area contributed by atoms with E-state index in [-0.39, 0.29) is 0 Å². The highest BCUT2D eigenvalue weighted by atomic mass is 19.4. The molecule has 0 amide bonds. The molecule has 0 aliphatic rings. The van der Waals surface area contributed by atoms with Gasteiger partial charge in [0, 0.05) is 5.56 Å². The van der Waals surface area contributed by atoms with Crippen molar-refractivity contribution in [2.45, 2.75) is 13.1 Å². The molecule has 0 saturated heterocycles. The molecule has 0 aromatic heterocycles. The average Bonchev–Trinajstić information content (AvgIpc) is 2.02. The van der Waals surface area contributed by atoms with Gasteiger partial charge < -0.3 is 0 Å². The van der Waals surface area contributed by atoms with Gasteiger partial charge in [0.05, 0.1) is 5.56 Å². The third-order valence-electron chi connectivity index (χ3n) is 1.65. The van der Waals surface area contributed by atoms with Crippen LogP contribution in [0.2, 0.25) is 0 Å². The lowest BCUT2D eigenvalue weighted by molar-refractivity contribution is -0.138. The van der Waals surface area contributed by atoms with Crippen LogP contribution in [-0.2, 0) is 6.18 Å². The predicted octanol–water partition coefficient (Wildman–Crippen LogP) is 3.42. The van der Waals surface area contributed by atoms with E-state index >= 15 is 0 Å². The molecule has 1 radical (unpaired) electrons. The molecule has 0 spiro atoms. The first-order chi connectivity index (χ1) is 5.96. The summed E-state index contributed by atoms with van der Waals surface area (Å²) in [6.07, 6.45) is -3.39. The van der Waals surface area contributed by atoms with Crippen molar-refractivity contribution in [3.63, 3.8) is 0 Å². The summed E-state index contributed by atoms with van der Waals surface area (Å²) in [6, 6.07) is 2.91. The zero-order valence-electron chi connectivity index (χ0n) is 6.82. The van der Waals surface area contributed by atoms with E-state index < -0.39 is 23.1 Å². The van der Waals surface area contributed by atoms with Crippen molar-refractivity contribution in [3.05, 3.63) is 41.6 Å². The molecule has 13 heavy (non-hydrogen) atoms. The Kier molecular flexibility index (Phi) is 2.59. The van der Waals surface area contributed by atoms with Crippen LogP contribution < -0.4 is 0 Å². The van der Waals surface area contributed by atoms with Gasteiger partial charge in [-0.3, -0.25) is 0 Å². The van der Waals surface area contributed by atoms with Gasteiger partial charge in [-0.1, -0.05) is 13.0 Å². The smallest absolute Gasteiger partial charge is 0.207 e. The molecule has 0 bridgehead atoms. The van der Waals surface area contributed by atoms with Crippen LogP contribution in [0.25, 0.3) is 0 Å². The molecule has 71 valence electrons. The maximum absolute atomic E-state index is 12.8. The molecule has 0 heterocycles. The molecule has 4 heteroatoms. The summed E-state index contributed by atoms with van der Waals surface area (Å²) in [4.78, 5) is 0. The van der Waals surface area contributed by atoms with E-state index in [1.54, 1.807) is 0 Å². The predicted molar refractivity (Wildman–Crippen MR) is 40.5 cm³/mol. The Morgan fingerprint density at radius 2 is 1.85 bits per heavy atom. The lowest BCUT2D eigenvalue weighted by Gasteiger charge is -2.11. The number of benzene rings is 1. The number of halogens is 4. The zero-order valence-corrected chi connectivity index (χ0v) is 6.82. The normalized spacial score (nSPS) is 11.8. The van der Waals surface area contributed by atoms with E-state index in [9.17, 15) is 17.6 Å². The lowest BCUT2D eigenvalue weighted by Crippen LogP contribution is -2.09. The highest BCUT2D eigenvalue weighted by Crippen LogP contribution is 2.33. The maximum atomic E-state index is 12.8. The van der Waals surface area contributed by atoms with Gasteiger partial charge in [-0.15, -0.1) is 0 Å². The summed E-state index contributed by atoms with van der Waals surface area (Å²) in [5.41, 5.74) is -1.33. The van der Waals surface area contributed by atoms with Crippen LogP contribution in [-0.4, -0.2) is 0 Å². The zero-order chi connectivity index (χ0) is 10.1. The van der Waals surface area contributed by atoms with E-state index in [1.807, 2.05) is 0 Å². The van der Waals surface area contributed by atoms with Crippen LogP contribution in [0.1, 0.15) is 18.1 Å². The van der Waals surface area contributed by atoms with Gasteiger partial charge >= 0.3 is 6.18 Å². The van der Waals surface area contributed by atoms with E-state index in [1.165, 1.54) is 6.92 Å². The molecular weight excluding hydrogens is 184 g/mol. The number of hydrogen-bond acceptors (Lipinski definition) is 0. The standard InChI is InChI=1S/C9H7F4/c1-2-6-7(9(11,12)13)4-3-5-8(6)10/h2-5H,1H3. The Morgan fingerprint density at radius 3 is 2.23 bits per heavy atom. The third kappa shape index (κ3) is 1.99. The van der Waals surface area contributed by atoms with Gasteiger partial charge in [-0.2, -0.15) is 13.2 Å². The van der Waals surface area contributed by atoms with Gasteiger partial charge in [-0.25, -0.2) is 4.39 Å². The number of rotatable bonds is 1. The highest BCUT2D eigenvalue weighted by Gasteiger charge is 2.33. The minimum atomic E-state index is -4.50. The van der Waals surface area contributed by atoms with Crippen LogP contribution >= 0.6 is 0 Å². The second kappa shape index (κ2) is 3.36.